The topological polar surface area (TPSA) is 87.2 Å². The second kappa shape index (κ2) is 25.5. The third-order valence-corrected chi connectivity index (χ3v) is 25.6. The van der Waals surface area contributed by atoms with E-state index in [0.29, 0.717) is 11.6 Å². The largest absolute Gasteiger partial charge is 0.308 e. The van der Waals surface area contributed by atoms with Gasteiger partial charge in [0, 0.05) is 104 Å². The van der Waals surface area contributed by atoms with Gasteiger partial charge < -0.3 is 9.13 Å². The molecule has 24 rings (SSSR count). The maximum Gasteiger partial charge on any atom is 0.160 e. The molecule has 0 atom stereocenters. The predicted octanol–water partition coefficient (Wildman–Crippen LogP) is 27.6. The molecule has 0 amide bonds. The number of nitrogens with zero attached hydrogens (tertiary/aromatic N) is 8. The Balaban J connectivity index is 0.000000135. The quantitative estimate of drug-likeness (QED) is 0.151. The Kier molecular flexibility index (Phi) is 14.6. The first-order valence-corrected chi connectivity index (χ1v) is 39.9. The fraction of sp³-hybridized carbons (Fsp3) is 0.0291. The Morgan fingerprint density at radius 3 is 1.19 bits per heavy atom. The summed E-state index contributed by atoms with van der Waals surface area (Å²) in [6.45, 7) is 4.64. The molecule has 0 bridgehead atoms. The predicted molar refractivity (Wildman–Crippen MR) is 474 cm³/mol. The van der Waals surface area contributed by atoms with Gasteiger partial charge in [-0.3, -0.25) is 9.97 Å². The van der Waals surface area contributed by atoms with Crippen molar-refractivity contribution in [2.24, 2.45) is 0 Å². The van der Waals surface area contributed by atoms with Crippen LogP contribution >= 0.6 is 22.7 Å². The number of para-hydroxylation sites is 2. The van der Waals surface area contributed by atoms with E-state index < -0.39 is 0 Å². The number of pyridine rings is 2. The molecule has 0 N–H and O–H groups in total. The monoisotopic (exact) mass is 1480 g/mol. The lowest BCUT2D eigenvalue weighted by atomic mass is 9.82. The van der Waals surface area contributed by atoms with Gasteiger partial charge in [0.15, 0.2) is 11.6 Å². The van der Waals surface area contributed by atoms with Gasteiger partial charge in [0.25, 0.3) is 0 Å². The van der Waals surface area contributed by atoms with Gasteiger partial charge in [0.05, 0.1) is 42.5 Å². The fourth-order valence-corrected chi connectivity index (χ4v) is 20.7. The lowest BCUT2D eigenvalue weighted by Crippen LogP contribution is -2.15. The standard InChI is InChI=1S/C53H32N4S.C50H32N4S/c1-3-15-33(16-4-1)36-29-37(34-17-5-2-6-18-34)31-38(30-36)49-50-44(25-14-28-54-50)55-53(56-49)35-19-13-20-39(32-35)57-45-26-11-9-23-42(45)47-40-21-7-8-22-41(40)48-43-24-10-12-27-46(43)58-52(48)51(47)57;1-50(2)38-20-8-5-15-32(38)33-25-24-29(28-39(33)50)45-46-40(21-12-26-51-46)52-49(53-45)30-13-11-14-31(27-30)54-41-22-9-6-18-36(41)43-34-16-3-4-17-35(34)44-37-19-7-10-23-42(37)55-48(44)47(43)54/h1-32H;3-28H,1-2H3. The Bertz CT molecular complexity index is 7870. The second-order valence-corrected chi connectivity index (χ2v) is 32.0. The van der Waals surface area contributed by atoms with E-state index in [1.807, 2.05) is 59.3 Å². The van der Waals surface area contributed by atoms with Crippen LogP contribution in [0.2, 0.25) is 0 Å². The highest BCUT2D eigenvalue weighted by atomic mass is 32.1. The van der Waals surface area contributed by atoms with E-state index in [9.17, 15) is 0 Å². The molecule has 8 heterocycles. The summed E-state index contributed by atoms with van der Waals surface area (Å²) in [4.78, 5) is 30.8. The van der Waals surface area contributed by atoms with Crippen molar-refractivity contribution in [3.8, 4) is 90.0 Å². The van der Waals surface area contributed by atoms with Gasteiger partial charge in [0.1, 0.15) is 22.4 Å². The van der Waals surface area contributed by atoms with Gasteiger partial charge in [-0.05, 0) is 163 Å². The van der Waals surface area contributed by atoms with Gasteiger partial charge in [-0.2, -0.15) is 0 Å². The maximum atomic E-state index is 5.40. The van der Waals surface area contributed by atoms with Crippen molar-refractivity contribution in [3.63, 3.8) is 0 Å². The first-order chi connectivity index (χ1) is 55.8. The molecule has 113 heavy (non-hydrogen) atoms. The Morgan fingerprint density at radius 1 is 0.274 bits per heavy atom. The van der Waals surface area contributed by atoms with Crippen LogP contribution in [0.25, 0.3) is 218 Å². The fourth-order valence-electron chi connectivity index (χ4n) is 18.2. The number of hydrogen-bond donors (Lipinski definition) is 0. The molecule has 15 aromatic carbocycles. The molecule has 0 saturated heterocycles. The SMILES string of the molecule is CC1(C)c2ccccc2-c2ccc(-c3nc(-c4cccc(-n5c6ccccc6c6c7ccccc7c7c8ccccc8sc7c65)c4)nc4cccnc34)cc21.c1ccc(-c2cc(-c3ccccc3)cc(-c3nc(-c4cccc(-n5c6ccccc6c6c7ccccc7c7c8ccccc8sc7c65)c4)nc4cccnc34)c2)cc1. The number of hydrogen-bond acceptors (Lipinski definition) is 8. The van der Waals surface area contributed by atoms with E-state index in [1.165, 1.54) is 128 Å². The number of fused-ring (bicyclic) bond motifs is 25. The number of benzene rings is 15. The molecular formula is C103H64N8S2. The van der Waals surface area contributed by atoms with Crippen molar-refractivity contribution >= 4 is 150 Å². The lowest BCUT2D eigenvalue weighted by Gasteiger charge is -2.22. The highest BCUT2D eigenvalue weighted by molar-refractivity contribution is 7.27. The average Bonchev–Trinajstić information content (AvgIpc) is 1.55. The highest BCUT2D eigenvalue weighted by Crippen LogP contribution is 2.53. The van der Waals surface area contributed by atoms with Crippen molar-refractivity contribution in [2.75, 3.05) is 0 Å². The lowest BCUT2D eigenvalue weighted by molar-refractivity contribution is 0.660. The molecule has 0 fully saturated rings. The van der Waals surface area contributed by atoms with Gasteiger partial charge in [0.2, 0.25) is 0 Å². The molecule has 23 aromatic rings. The number of rotatable bonds is 8. The summed E-state index contributed by atoms with van der Waals surface area (Å²) >= 11 is 3.76. The first kappa shape index (κ1) is 64.8. The second-order valence-electron chi connectivity index (χ2n) is 29.9. The van der Waals surface area contributed by atoms with Gasteiger partial charge >= 0.3 is 0 Å². The molecule has 1 aliphatic carbocycles. The van der Waals surface area contributed by atoms with Gasteiger partial charge in [-0.25, -0.2) is 19.9 Å². The summed E-state index contributed by atoms with van der Waals surface area (Å²) in [5.74, 6) is 1.33. The van der Waals surface area contributed by atoms with Crippen LogP contribution in [0.4, 0.5) is 0 Å². The van der Waals surface area contributed by atoms with Gasteiger partial charge in [-0.15, -0.1) is 22.7 Å². The van der Waals surface area contributed by atoms with E-state index >= 15 is 0 Å². The van der Waals surface area contributed by atoms with Crippen LogP contribution in [-0.2, 0) is 5.41 Å². The van der Waals surface area contributed by atoms with Crippen molar-refractivity contribution < 1.29 is 0 Å². The minimum atomic E-state index is -0.122. The summed E-state index contributed by atoms with van der Waals surface area (Å²) < 4.78 is 10.1. The molecule has 0 spiro atoms. The molecule has 10 heteroatoms. The molecule has 8 nitrogen and oxygen atoms in total. The van der Waals surface area contributed by atoms with Crippen LogP contribution < -0.4 is 0 Å². The summed E-state index contributed by atoms with van der Waals surface area (Å²) in [7, 11) is 0. The minimum Gasteiger partial charge on any atom is -0.308 e. The summed E-state index contributed by atoms with van der Waals surface area (Å²) in [5, 5.41) is 15.4. The van der Waals surface area contributed by atoms with E-state index in [0.717, 1.165) is 89.3 Å². The summed E-state index contributed by atoms with van der Waals surface area (Å²) in [6.07, 6.45) is 3.67. The smallest absolute Gasteiger partial charge is 0.160 e. The minimum absolute atomic E-state index is 0.122. The van der Waals surface area contributed by atoms with Crippen LogP contribution in [0.15, 0.2) is 352 Å². The van der Waals surface area contributed by atoms with Crippen molar-refractivity contribution in [3.05, 3.63) is 363 Å². The highest BCUT2D eigenvalue weighted by Gasteiger charge is 2.36. The summed E-state index contributed by atoms with van der Waals surface area (Å²) in [6, 6.07) is 122. The van der Waals surface area contributed by atoms with Crippen LogP contribution in [0.1, 0.15) is 25.0 Å². The van der Waals surface area contributed by atoms with Crippen LogP contribution in [0, 0.1) is 0 Å². The Labute approximate surface area is 657 Å². The Hall–Kier alpha value is -14.2. The molecule has 0 aliphatic heterocycles. The number of thiophene rings is 2. The normalized spacial score (nSPS) is 12.6. The molecule has 0 radical (unpaired) electrons. The van der Waals surface area contributed by atoms with Crippen LogP contribution in [-0.4, -0.2) is 39.0 Å². The van der Waals surface area contributed by atoms with E-state index in [1.54, 1.807) is 0 Å². The molecule has 1 aliphatic rings. The molecule has 528 valence electrons. The third-order valence-electron chi connectivity index (χ3n) is 23.2. The van der Waals surface area contributed by atoms with Crippen LogP contribution in [0.5, 0.6) is 0 Å². The maximum absolute atomic E-state index is 5.40. The summed E-state index contributed by atoms with van der Waals surface area (Å²) in [5.41, 5.74) is 25.4. The van der Waals surface area contributed by atoms with E-state index in [2.05, 4.69) is 338 Å². The van der Waals surface area contributed by atoms with Crippen molar-refractivity contribution in [1.29, 1.82) is 0 Å². The van der Waals surface area contributed by atoms with Gasteiger partial charge in [-0.1, -0.05) is 257 Å². The van der Waals surface area contributed by atoms with Crippen molar-refractivity contribution in [1.82, 2.24) is 39.0 Å². The Morgan fingerprint density at radius 2 is 0.681 bits per heavy atom. The zero-order chi connectivity index (χ0) is 74.6. The zero-order valence-electron chi connectivity index (χ0n) is 61.4. The third kappa shape index (κ3) is 10.1. The molecule has 8 aromatic heterocycles. The zero-order valence-corrected chi connectivity index (χ0v) is 63.0. The van der Waals surface area contributed by atoms with E-state index in [-0.39, 0.29) is 5.41 Å². The molecule has 0 saturated carbocycles. The van der Waals surface area contributed by atoms with E-state index in [4.69, 9.17) is 29.9 Å². The van der Waals surface area contributed by atoms with Crippen LogP contribution in [0.3, 0.4) is 0 Å². The number of aromatic nitrogens is 8. The molecular weight excluding hydrogens is 1410 g/mol. The van der Waals surface area contributed by atoms with Crippen molar-refractivity contribution in [2.45, 2.75) is 19.3 Å². The average molecular weight is 1480 g/mol. The first-order valence-electron chi connectivity index (χ1n) is 38.3. The molecule has 0 unspecified atom stereocenters.